The number of aryl methyl sites for hydroxylation is 2. The number of piperazine rings is 1. The van der Waals surface area contributed by atoms with Crippen LogP contribution < -0.4 is 5.32 Å². The zero-order chi connectivity index (χ0) is 15.9. The van der Waals surface area contributed by atoms with Crippen molar-refractivity contribution in [1.29, 1.82) is 0 Å². The Bertz CT molecular complexity index is 562. The molecule has 3 atom stereocenters. The first-order valence-corrected chi connectivity index (χ1v) is 7.43. The van der Waals surface area contributed by atoms with Crippen LogP contribution in [-0.2, 0) is 9.59 Å². The molecule has 21 heavy (non-hydrogen) atoms. The molecule has 5 heteroatoms. The van der Waals surface area contributed by atoms with E-state index in [-0.39, 0.29) is 23.8 Å². The molecule has 2 amide bonds. The third-order valence-corrected chi connectivity index (χ3v) is 4.23. The van der Waals surface area contributed by atoms with Crippen molar-refractivity contribution in [2.24, 2.45) is 5.92 Å². The van der Waals surface area contributed by atoms with Gasteiger partial charge in [-0.1, -0.05) is 13.8 Å². The summed E-state index contributed by atoms with van der Waals surface area (Å²) in [6, 6.07) is 0.829. The maximum Gasteiger partial charge on any atom is 0.246 e. The molecule has 2 rings (SSSR count). The highest BCUT2D eigenvalue weighted by molar-refractivity contribution is 5.97. The molecule has 1 aromatic heterocycles. The topological polar surface area (TPSA) is 62.6 Å². The number of carbonyl (C=O) groups excluding carboxylic acids is 2. The van der Waals surface area contributed by atoms with Gasteiger partial charge in [0.05, 0.1) is 6.04 Å². The second kappa shape index (κ2) is 5.54. The van der Waals surface area contributed by atoms with E-state index in [4.69, 9.17) is 4.42 Å². The molecule has 1 aliphatic rings. The van der Waals surface area contributed by atoms with Crippen molar-refractivity contribution in [3.05, 3.63) is 23.2 Å². The zero-order valence-corrected chi connectivity index (χ0v) is 13.6. The van der Waals surface area contributed by atoms with E-state index < -0.39 is 12.1 Å². The van der Waals surface area contributed by atoms with E-state index >= 15 is 0 Å². The summed E-state index contributed by atoms with van der Waals surface area (Å²) in [6.45, 7) is 11.4. The summed E-state index contributed by atoms with van der Waals surface area (Å²) in [4.78, 5) is 26.6. The molecule has 1 aliphatic heterocycles. The highest BCUT2D eigenvalue weighted by Gasteiger charge is 2.42. The Hall–Kier alpha value is -1.78. The SMILES string of the molecule is Cc1cc(C(C)N2C(=O)C(C(C)C)NC(=O)C2C)c(C)o1. The molecule has 0 saturated carbocycles. The molecule has 3 unspecified atom stereocenters. The summed E-state index contributed by atoms with van der Waals surface area (Å²) in [6.07, 6.45) is 0. The average Bonchev–Trinajstić information content (AvgIpc) is 2.72. The van der Waals surface area contributed by atoms with Crippen LogP contribution in [0.3, 0.4) is 0 Å². The number of amides is 2. The van der Waals surface area contributed by atoms with Crippen LogP contribution in [0.15, 0.2) is 10.5 Å². The van der Waals surface area contributed by atoms with Gasteiger partial charge in [-0.05, 0) is 39.7 Å². The Kier molecular flexibility index (Phi) is 4.12. The number of hydrogen-bond donors (Lipinski definition) is 1. The molecular weight excluding hydrogens is 268 g/mol. The molecule has 116 valence electrons. The van der Waals surface area contributed by atoms with E-state index in [1.165, 1.54) is 0 Å². The van der Waals surface area contributed by atoms with Crippen LogP contribution in [-0.4, -0.2) is 28.8 Å². The van der Waals surface area contributed by atoms with Gasteiger partial charge in [0.1, 0.15) is 23.6 Å². The Balaban J connectivity index is 2.36. The van der Waals surface area contributed by atoms with Crippen LogP contribution in [0.4, 0.5) is 0 Å². The first-order chi connectivity index (χ1) is 9.73. The lowest BCUT2D eigenvalue weighted by Crippen LogP contribution is -2.64. The van der Waals surface area contributed by atoms with Crippen LogP contribution in [0, 0.1) is 19.8 Å². The zero-order valence-electron chi connectivity index (χ0n) is 13.6. The third-order valence-electron chi connectivity index (χ3n) is 4.23. The van der Waals surface area contributed by atoms with E-state index in [0.717, 1.165) is 17.1 Å². The van der Waals surface area contributed by atoms with Gasteiger partial charge in [0.15, 0.2) is 0 Å². The Morgan fingerprint density at radius 1 is 1.24 bits per heavy atom. The first kappa shape index (κ1) is 15.6. The minimum absolute atomic E-state index is 0.0251. The first-order valence-electron chi connectivity index (χ1n) is 7.43. The van der Waals surface area contributed by atoms with Crippen LogP contribution in [0.1, 0.15) is 50.8 Å². The van der Waals surface area contributed by atoms with E-state index in [0.29, 0.717) is 0 Å². The van der Waals surface area contributed by atoms with Crippen LogP contribution in [0.25, 0.3) is 0 Å². The summed E-state index contributed by atoms with van der Waals surface area (Å²) in [7, 11) is 0. The fourth-order valence-electron chi connectivity index (χ4n) is 3.01. The maximum atomic E-state index is 12.7. The molecule has 1 fully saturated rings. The molecule has 0 bridgehead atoms. The lowest BCUT2D eigenvalue weighted by molar-refractivity contribution is -0.152. The minimum Gasteiger partial charge on any atom is -0.466 e. The van der Waals surface area contributed by atoms with Gasteiger partial charge < -0.3 is 14.6 Å². The fourth-order valence-corrected chi connectivity index (χ4v) is 3.01. The van der Waals surface area contributed by atoms with Crippen molar-refractivity contribution in [3.8, 4) is 0 Å². The monoisotopic (exact) mass is 292 g/mol. The predicted molar refractivity (Wildman–Crippen MR) is 79.7 cm³/mol. The summed E-state index contributed by atoms with van der Waals surface area (Å²) in [5.41, 5.74) is 0.963. The molecule has 0 spiro atoms. The molecule has 1 N–H and O–H groups in total. The number of hydrogen-bond acceptors (Lipinski definition) is 3. The molecule has 1 saturated heterocycles. The van der Waals surface area contributed by atoms with Crippen LogP contribution in [0.2, 0.25) is 0 Å². The molecule has 2 heterocycles. The maximum absolute atomic E-state index is 12.7. The Labute approximate surface area is 125 Å². The lowest BCUT2D eigenvalue weighted by Gasteiger charge is -2.42. The van der Waals surface area contributed by atoms with E-state index in [1.54, 1.807) is 11.8 Å². The van der Waals surface area contributed by atoms with Crippen LogP contribution >= 0.6 is 0 Å². The second-order valence-corrected chi connectivity index (χ2v) is 6.20. The average molecular weight is 292 g/mol. The quantitative estimate of drug-likeness (QED) is 0.930. The molecule has 0 radical (unpaired) electrons. The highest BCUT2D eigenvalue weighted by Crippen LogP contribution is 2.30. The largest absolute Gasteiger partial charge is 0.466 e. The summed E-state index contributed by atoms with van der Waals surface area (Å²) >= 11 is 0. The Morgan fingerprint density at radius 3 is 2.33 bits per heavy atom. The van der Waals surface area contributed by atoms with Gasteiger partial charge in [0.25, 0.3) is 0 Å². The summed E-state index contributed by atoms with van der Waals surface area (Å²) < 4.78 is 5.56. The van der Waals surface area contributed by atoms with Gasteiger partial charge in [-0.3, -0.25) is 9.59 Å². The van der Waals surface area contributed by atoms with Crippen molar-refractivity contribution in [2.75, 3.05) is 0 Å². The van der Waals surface area contributed by atoms with Crippen molar-refractivity contribution >= 4 is 11.8 Å². The van der Waals surface area contributed by atoms with Gasteiger partial charge in [-0.15, -0.1) is 0 Å². The number of nitrogens with zero attached hydrogens (tertiary/aromatic N) is 1. The standard InChI is InChI=1S/C16H24N2O3/c1-8(2)14-16(20)18(11(5)15(19)17-14)10(4)13-7-9(3)21-12(13)6/h7-8,10-11,14H,1-6H3,(H,17,19). The smallest absolute Gasteiger partial charge is 0.246 e. The molecule has 1 aromatic rings. The molecule has 0 aliphatic carbocycles. The van der Waals surface area contributed by atoms with Gasteiger partial charge in [-0.25, -0.2) is 0 Å². The second-order valence-electron chi connectivity index (χ2n) is 6.20. The number of furan rings is 1. The normalized spacial score (nSPS) is 24.4. The van der Waals surface area contributed by atoms with Crippen molar-refractivity contribution in [1.82, 2.24) is 10.2 Å². The predicted octanol–water partition coefficient (Wildman–Crippen LogP) is 2.33. The van der Waals surface area contributed by atoms with Crippen molar-refractivity contribution < 1.29 is 14.0 Å². The Morgan fingerprint density at radius 2 is 1.86 bits per heavy atom. The molecule has 5 nitrogen and oxygen atoms in total. The fraction of sp³-hybridized carbons (Fsp3) is 0.625. The summed E-state index contributed by atoms with van der Waals surface area (Å²) in [5.74, 6) is 1.56. The lowest BCUT2D eigenvalue weighted by atomic mass is 9.95. The van der Waals surface area contributed by atoms with Gasteiger partial charge in [-0.2, -0.15) is 0 Å². The molecule has 0 aromatic carbocycles. The van der Waals surface area contributed by atoms with E-state index in [9.17, 15) is 9.59 Å². The van der Waals surface area contributed by atoms with Crippen LogP contribution in [0.5, 0.6) is 0 Å². The van der Waals surface area contributed by atoms with Crippen molar-refractivity contribution in [3.63, 3.8) is 0 Å². The van der Waals surface area contributed by atoms with Gasteiger partial charge >= 0.3 is 0 Å². The summed E-state index contributed by atoms with van der Waals surface area (Å²) in [5, 5.41) is 2.82. The minimum atomic E-state index is -0.475. The van der Waals surface area contributed by atoms with Gasteiger partial charge in [0.2, 0.25) is 11.8 Å². The van der Waals surface area contributed by atoms with E-state index in [2.05, 4.69) is 5.32 Å². The number of carbonyl (C=O) groups is 2. The van der Waals surface area contributed by atoms with E-state index in [1.807, 2.05) is 40.7 Å². The highest BCUT2D eigenvalue weighted by atomic mass is 16.3. The number of nitrogens with one attached hydrogen (secondary N) is 1. The van der Waals surface area contributed by atoms with Gasteiger partial charge in [0, 0.05) is 5.56 Å². The van der Waals surface area contributed by atoms with Crippen molar-refractivity contribution in [2.45, 2.75) is 59.7 Å². The molecular formula is C16H24N2O3. The number of rotatable bonds is 3. The third kappa shape index (κ3) is 2.69.